The van der Waals surface area contributed by atoms with Gasteiger partial charge in [-0.25, -0.2) is 0 Å². The molecule has 1 N–H and O–H groups in total. The number of halogens is 2. The highest BCUT2D eigenvalue weighted by molar-refractivity contribution is 9.10. The molecule has 0 fully saturated rings. The third kappa shape index (κ3) is 6.36. The number of carbonyl (C=O) groups excluding carboxylic acids is 1. The maximum atomic E-state index is 12.3. The third-order valence-corrected chi connectivity index (χ3v) is 5.16. The van der Waals surface area contributed by atoms with Gasteiger partial charge in [0.05, 0.1) is 22.7 Å². The maximum absolute atomic E-state index is 12.3. The van der Waals surface area contributed by atoms with Gasteiger partial charge in [0, 0.05) is 10.7 Å². The first kappa shape index (κ1) is 23.4. The lowest BCUT2D eigenvalue weighted by Gasteiger charge is -2.15. The van der Waals surface area contributed by atoms with Crippen molar-refractivity contribution in [2.75, 3.05) is 18.5 Å². The molecular formula is C25H20BrClN2O3. The number of carbonyl (C=O) groups is 1. The number of allylic oxidation sites excluding steroid dienone is 1. The number of para-hydroxylation sites is 1. The Kier molecular flexibility index (Phi) is 8.32. The molecular weight excluding hydrogens is 492 g/mol. The van der Waals surface area contributed by atoms with Crippen molar-refractivity contribution in [1.82, 2.24) is 0 Å². The summed E-state index contributed by atoms with van der Waals surface area (Å²) in [5.74, 6) is 0.593. The zero-order valence-corrected chi connectivity index (χ0v) is 19.6. The number of nitriles is 1. The first-order valence-electron chi connectivity index (χ1n) is 9.82. The van der Waals surface area contributed by atoms with Crippen molar-refractivity contribution < 1.29 is 14.3 Å². The Labute approximate surface area is 200 Å². The molecule has 0 spiro atoms. The van der Waals surface area contributed by atoms with Crippen molar-refractivity contribution in [3.63, 3.8) is 0 Å². The number of rotatable bonds is 8. The molecule has 0 saturated carbocycles. The molecule has 3 rings (SSSR count). The Bertz CT molecular complexity index is 1160. The molecule has 3 aromatic carbocycles. The van der Waals surface area contributed by atoms with Gasteiger partial charge in [0.2, 0.25) is 0 Å². The molecule has 1 amide bonds. The standard InChI is InChI=1S/C25H20BrClN2O3/c1-2-31-23-14-17(12-19(15-28)18-8-10-20(27)11-9-18)13-22(26)25(23)32-16-24(30)29-21-6-4-3-5-7-21/h3-14H,2,16H2,1H3,(H,29,30)/b19-12+. The second-order valence-electron chi connectivity index (χ2n) is 6.64. The lowest BCUT2D eigenvalue weighted by atomic mass is 10.0. The lowest BCUT2D eigenvalue weighted by Crippen LogP contribution is -2.20. The number of nitrogens with one attached hydrogen (secondary N) is 1. The Balaban J connectivity index is 1.82. The maximum Gasteiger partial charge on any atom is 0.262 e. The van der Waals surface area contributed by atoms with E-state index in [1.165, 1.54) is 0 Å². The molecule has 0 aliphatic heterocycles. The highest BCUT2D eigenvalue weighted by atomic mass is 79.9. The summed E-state index contributed by atoms with van der Waals surface area (Å²) < 4.78 is 12.1. The average Bonchev–Trinajstić information content (AvgIpc) is 2.78. The van der Waals surface area contributed by atoms with Crippen LogP contribution in [0.1, 0.15) is 18.1 Å². The second kappa shape index (κ2) is 11.4. The van der Waals surface area contributed by atoms with Crippen molar-refractivity contribution in [2.24, 2.45) is 0 Å². The molecule has 0 radical (unpaired) electrons. The van der Waals surface area contributed by atoms with Crippen LogP contribution in [0.2, 0.25) is 5.02 Å². The zero-order valence-electron chi connectivity index (χ0n) is 17.3. The van der Waals surface area contributed by atoms with Gasteiger partial charge in [-0.3, -0.25) is 4.79 Å². The molecule has 0 bridgehead atoms. The van der Waals surface area contributed by atoms with Crippen molar-refractivity contribution in [1.29, 1.82) is 5.26 Å². The molecule has 0 atom stereocenters. The van der Waals surface area contributed by atoms with E-state index in [2.05, 4.69) is 27.3 Å². The minimum absolute atomic E-state index is 0.184. The van der Waals surface area contributed by atoms with Crippen LogP contribution < -0.4 is 14.8 Å². The first-order chi connectivity index (χ1) is 15.5. The van der Waals surface area contributed by atoms with Gasteiger partial charge in [-0.2, -0.15) is 5.26 Å². The minimum Gasteiger partial charge on any atom is -0.490 e. The van der Waals surface area contributed by atoms with Crippen LogP contribution in [0.3, 0.4) is 0 Å². The summed E-state index contributed by atoms with van der Waals surface area (Å²) in [6.07, 6.45) is 1.75. The third-order valence-electron chi connectivity index (χ3n) is 4.32. The smallest absolute Gasteiger partial charge is 0.262 e. The molecule has 0 aliphatic rings. The van der Waals surface area contributed by atoms with Gasteiger partial charge in [-0.1, -0.05) is 41.9 Å². The molecule has 3 aromatic rings. The zero-order chi connectivity index (χ0) is 22.9. The molecule has 162 valence electrons. The van der Waals surface area contributed by atoms with E-state index in [-0.39, 0.29) is 12.5 Å². The van der Waals surface area contributed by atoms with Gasteiger partial charge in [-0.15, -0.1) is 0 Å². The van der Waals surface area contributed by atoms with E-state index in [1.54, 1.807) is 54.6 Å². The fraction of sp³-hybridized carbons (Fsp3) is 0.120. The van der Waals surface area contributed by atoms with E-state index < -0.39 is 0 Å². The van der Waals surface area contributed by atoms with Gasteiger partial charge < -0.3 is 14.8 Å². The number of amides is 1. The Morgan fingerprint density at radius 1 is 1.12 bits per heavy atom. The first-order valence-corrected chi connectivity index (χ1v) is 11.0. The normalized spacial score (nSPS) is 10.9. The monoisotopic (exact) mass is 510 g/mol. The van der Waals surface area contributed by atoms with Gasteiger partial charge in [0.1, 0.15) is 0 Å². The predicted octanol–water partition coefficient (Wildman–Crippen LogP) is 6.58. The SMILES string of the molecule is CCOc1cc(/C=C(\C#N)c2ccc(Cl)cc2)cc(Br)c1OCC(=O)Nc1ccccc1. The van der Waals surface area contributed by atoms with E-state index in [9.17, 15) is 10.1 Å². The Morgan fingerprint density at radius 3 is 2.50 bits per heavy atom. The number of nitrogens with zero attached hydrogens (tertiary/aromatic N) is 1. The van der Waals surface area contributed by atoms with Gasteiger partial charge in [0.15, 0.2) is 18.1 Å². The average molecular weight is 512 g/mol. The number of anilines is 1. The van der Waals surface area contributed by atoms with Crippen LogP contribution in [-0.2, 0) is 4.79 Å². The predicted molar refractivity (Wildman–Crippen MR) is 131 cm³/mol. The van der Waals surface area contributed by atoms with E-state index in [0.29, 0.717) is 38.9 Å². The fourth-order valence-electron chi connectivity index (χ4n) is 2.91. The van der Waals surface area contributed by atoms with Crippen molar-refractivity contribution in [3.05, 3.63) is 87.4 Å². The van der Waals surface area contributed by atoms with Gasteiger partial charge >= 0.3 is 0 Å². The van der Waals surface area contributed by atoms with Gasteiger partial charge in [-0.05, 0) is 76.5 Å². The fourth-order valence-corrected chi connectivity index (χ4v) is 3.61. The summed E-state index contributed by atoms with van der Waals surface area (Å²) in [7, 11) is 0. The van der Waals surface area contributed by atoms with Crippen molar-refractivity contribution in [2.45, 2.75) is 6.92 Å². The minimum atomic E-state index is -0.288. The number of hydrogen-bond acceptors (Lipinski definition) is 4. The number of ether oxygens (including phenoxy) is 2. The van der Waals surface area contributed by atoms with E-state index in [4.69, 9.17) is 21.1 Å². The van der Waals surface area contributed by atoms with E-state index in [1.807, 2.05) is 25.1 Å². The Morgan fingerprint density at radius 2 is 1.84 bits per heavy atom. The van der Waals surface area contributed by atoms with Crippen LogP contribution in [-0.4, -0.2) is 19.1 Å². The molecule has 0 unspecified atom stereocenters. The summed E-state index contributed by atoms with van der Waals surface area (Å²) in [4.78, 5) is 12.3. The topological polar surface area (TPSA) is 71.3 Å². The number of benzene rings is 3. The molecule has 0 heterocycles. The van der Waals surface area contributed by atoms with E-state index >= 15 is 0 Å². The van der Waals surface area contributed by atoms with Gasteiger partial charge in [0.25, 0.3) is 5.91 Å². The molecule has 0 saturated heterocycles. The quantitative estimate of drug-likeness (QED) is 0.274. The van der Waals surface area contributed by atoms with Crippen molar-refractivity contribution in [3.8, 4) is 17.6 Å². The second-order valence-corrected chi connectivity index (χ2v) is 7.93. The van der Waals surface area contributed by atoms with Crippen LogP contribution in [0.4, 0.5) is 5.69 Å². The van der Waals surface area contributed by atoms with Crippen LogP contribution in [0.5, 0.6) is 11.5 Å². The summed E-state index contributed by atoms with van der Waals surface area (Å²) in [5.41, 5.74) is 2.67. The molecule has 0 aromatic heterocycles. The van der Waals surface area contributed by atoms with E-state index in [0.717, 1.165) is 11.1 Å². The van der Waals surface area contributed by atoms with Crippen LogP contribution in [0.25, 0.3) is 11.6 Å². The molecule has 32 heavy (non-hydrogen) atoms. The lowest BCUT2D eigenvalue weighted by molar-refractivity contribution is -0.118. The highest BCUT2D eigenvalue weighted by Crippen LogP contribution is 2.38. The van der Waals surface area contributed by atoms with Crippen LogP contribution in [0, 0.1) is 11.3 Å². The summed E-state index contributed by atoms with van der Waals surface area (Å²) in [6, 6.07) is 22.0. The molecule has 5 nitrogen and oxygen atoms in total. The van der Waals surface area contributed by atoms with Crippen molar-refractivity contribution >= 4 is 50.8 Å². The summed E-state index contributed by atoms with van der Waals surface area (Å²) in [5, 5.41) is 13.0. The van der Waals surface area contributed by atoms with Crippen LogP contribution >= 0.6 is 27.5 Å². The highest BCUT2D eigenvalue weighted by Gasteiger charge is 2.14. The molecule has 0 aliphatic carbocycles. The molecule has 7 heteroatoms. The summed E-state index contributed by atoms with van der Waals surface area (Å²) in [6.45, 7) is 2.09. The number of hydrogen-bond donors (Lipinski definition) is 1. The van der Waals surface area contributed by atoms with Crippen LogP contribution in [0.15, 0.2) is 71.2 Å². The Hall–Kier alpha value is -3.27. The largest absolute Gasteiger partial charge is 0.490 e. The summed E-state index contributed by atoms with van der Waals surface area (Å²) >= 11 is 9.44.